The van der Waals surface area contributed by atoms with Crippen molar-refractivity contribution in [1.82, 2.24) is 24.7 Å². The third-order valence-electron chi connectivity index (χ3n) is 4.26. The van der Waals surface area contributed by atoms with Crippen LogP contribution in [0, 0.1) is 0 Å². The highest BCUT2D eigenvalue weighted by Crippen LogP contribution is 2.29. The molecule has 0 spiro atoms. The standard InChI is InChI=1S/C16H18ClF3N6OS/c17-12-3-1-2-11(8-12)9-24-4-6-25(7-5-24)13(27)10-28-15-23-22-14(26(15)21)16(18,19)20/h1-3,8H,4-7,9-10,21H2. The molecule has 0 radical (unpaired) electrons. The van der Waals surface area contributed by atoms with Gasteiger partial charge in [-0.05, 0) is 17.7 Å². The second-order valence-electron chi connectivity index (χ2n) is 6.25. The molecule has 1 fully saturated rings. The lowest BCUT2D eigenvalue weighted by atomic mass is 10.2. The second-order valence-corrected chi connectivity index (χ2v) is 7.63. The predicted octanol–water partition coefficient (Wildman–Crippen LogP) is 2.10. The van der Waals surface area contributed by atoms with Crippen LogP contribution in [0.25, 0.3) is 0 Å². The first-order valence-electron chi connectivity index (χ1n) is 8.39. The van der Waals surface area contributed by atoms with Gasteiger partial charge in [0.2, 0.25) is 11.1 Å². The fourth-order valence-corrected chi connectivity index (χ4v) is 3.81. The molecule has 28 heavy (non-hydrogen) atoms. The Labute approximate surface area is 168 Å². The van der Waals surface area contributed by atoms with Gasteiger partial charge in [0.15, 0.2) is 0 Å². The maximum absolute atomic E-state index is 12.7. The second kappa shape index (κ2) is 8.58. The van der Waals surface area contributed by atoms with Crippen molar-refractivity contribution in [3.63, 3.8) is 0 Å². The first kappa shape index (κ1) is 20.7. The van der Waals surface area contributed by atoms with Crippen molar-refractivity contribution in [3.8, 4) is 0 Å². The Morgan fingerprint density at radius 2 is 1.93 bits per heavy atom. The lowest BCUT2D eigenvalue weighted by molar-refractivity contribution is -0.146. The van der Waals surface area contributed by atoms with E-state index in [1.807, 2.05) is 24.3 Å². The molecule has 152 valence electrons. The van der Waals surface area contributed by atoms with Crippen LogP contribution < -0.4 is 5.84 Å². The van der Waals surface area contributed by atoms with E-state index in [1.54, 1.807) is 4.90 Å². The summed E-state index contributed by atoms with van der Waals surface area (Å²) in [6.45, 7) is 3.24. The molecule has 12 heteroatoms. The van der Waals surface area contributed by atoms with Crippen LogP contribution >= 0.6 is 23.4 Å². The Kier molecular flexibility index (Phi) is 6.36. The Morgan fingerprint density at radius 3 is 2.54 bits per heavy atom. The summed E-state index contributed by atoms with van der Waals surface area (Å²) in [6.07, 6.45) is -4.69. The van der Waals surface area contributed by atoms with Crippen LogP contribution in [0.15, 0.2) is 29.4 Å². The van der Waals surface area contributed by atoms with Gasteiger partial charge in [0, 0.05) is 37.7 Å². The molecule has 1 aliphatic heterocycles. The van der Waals surface area contributed by atoms with Crippen LogP contribution in [0.2, 0.25) is 5.02 Å². The summed E-state index contributed by atoms with van der Waals surface area (Å²) in [5, 5.41) is 6.97. The zero-order chi connectivity index (χ0) is 20.3. The molecule has 0 saturated carbocycles. The van der Waals surface area contributed by atoms with Crippen LogP contribution in [0.5, 0.6) is 0 Å². The zero-order valence-electron chi connectivity index (χ0n) is 14.7. The van der Waals surface area contributed by atoms with Crippen molar-refractivity contribution in [2.75, 3.05) is 37.8 Å². The van der Waals surface area contributed by atoms with Crippen LogP contribution in [0.4, 0.5) is 13.2 Å². The fraction of sp³-hybridized carbons (Fsp3) is 0.438. The number of hydrogen-bond donors (Lipinski definition) is 1. The van der Waals surface area contributed by atoms with Crippen molar-refractivity contribution in [2.45, 2.75) is 17.9 Å². The highest BCUT2D eigenvalue weighted by molar-refractivity contribution is 7.99. The van der Waals surface area contributed by atoms with E-state index < -0.39 is 12.0 Å². The van der Waals surface area contributed by atoms with E-state index in [-0.39, 0.29) is 16.8 Å². The van der Waals surface area contributed by atoms with Gasteiger partial charge in [-0.2, -0.15) is 13.2 Å². The lowest BCUT2D eigenvalue weighted by Gasteiger charge is -2.34. The number of carbonyl (C=O) groups is 1. The largest absolute Gasteiger partial charge is 0.453 e. The molecule has 7 nitrogen and oxygen atoms in total. The summed E-state index contributed by atoms with van der Waals surface area (Å²) in [4.78, 5) is 16.2. The van der Waals surface area contributed by atoms with Gasteiger partial charge in [0.05, 0.1) is 5.75 Å². The number of alkyl halides is 3. The van der Waals surface area contributed by atoms with E-state index in [0.717, 1.165) is 23.9 Å². The monoisotopic (exact) mass is 434 g/mol. The van der Waals surface area contributed by atoms with Crippen molar-refractivity contribution < 1.29 is 18.0 Å². The number of amides is 1. The number of rotatable bonds is 5. The molecule has 2 N–H and O–H groups in total. The minimum Gasteiger partial charge on any atom is -0.339 e. The number of nitrogens with two attached hydrogens (primary N) is 1. The van der Waals surface area contributed by atoms with Crippen LogP contribution in [0.3, 0.4) is 0 Å². The molecule has 0 bridgehead atoms. The van der Waals surface area contributed by atoms with Gasteiger partial charge in [-0.25, -0.2) is 4.68 Å². The van der Waals surface area contributed by atoms with Gasteiger partial charge < -0.3 is 10.7 Å². The number of hydrogen-bond acceptors (Lipinski definition) is 6. The highest BCUT2D eigenvalue weighted by atomic mass is 35.5. The molecule has 2 aromatic rings. The van der Waals surface area contributed by atoms with Gasteiger partial charge in [-0.15, -0.1) is 10.2 Å². The molecule has 0 atom stereocenters. The number of aromatic nitrogens is 3. The van der Waals surface area contributed by atoms with E-state index in [1.165, 1.54) is 0 Å². The quantitative estimate of drug-likeness (QED) is 0.573. The third kappa shape index (κ3) is 5.09. The summed E-state index contributed by atoms with van der Waals surface area (Å²) < 4.78 is 38.4. The van der Waals surface area contributed by atoms with Gasteiger partial charge >= 0.3 is 6.18 Å². The van der Waals surface area contributed by atoms with Gasteiger partial charge in [-0.1, -0.05) is 35.5 Å². The Morgan fingerprint density at radius 1 is 1.21 bits per heavy atom. The van der Waals surface area contributed by atoms with Crippen molar-refractivity contribution in [1.29, 1.82) is 0 Å². The summed E-state index contributed by atoms with van der Waals surface area (Å²) in [7, 11) is 0. The summed E-state index contributed by atoms with van der Waals surface area (Å²) in [5.41, 5.74) is 1.10. The lowest BCUT2D eigenvalue weighted by Crippen LogP contribution is -2.48. The van der Waals surface area contributed by atoms with Crippen molar-refractivity contribution in [2.24, 2.45) is 0 Å². The minimum atomic E-state index is -4.69. The molecule has 1 aromatic carbocycles. The van der Waals surface area contributed by atoms with E-state index >= 15 is 0 Å². The molecule has 2 heterocycles. The van der Waals surface area contributed by atoms with Crippen LogP contribution in [0.1, 0.15) is 11.4 Å². The number of nitrogen functional groups attached to an aromatic ring is 1. The average Bonchev–Trinajstić information content (AvgIpc) is 3.01. The van der Waals surface area contributed by atoms with Gasteiger partial charge in [0.1, 0.15) is 0 Å². The van der Waals surface area contributed by atoms with E-state index in [0.29, 0.717) is 35.9 Å². The summed E-state index contributed by atoms with van der Waals surface area (Å²) in [6, 6.07) is 7.63. The van der Waals surface area contributed by atoms with Gasteiger partial charge in [0.25, 0.3) is 5.82 Å². The highest BCUT2D eigenvalue weighted by Gasteiger charge is 2.38. The number of halogens is 4. The molecule has 0 unspecified atom stereocenters. The molecule has 0 aliphatic carbocycles. The van der Waals surface area contributed by atoms with Gasteiger partial charge in [-0.3, -0.25) is 9.69 Å². The Hall–Kier alpha value is -1.98. The number of carbonyl (C=O) groups excluding carboxylic acids is 1. The summed E-state index contributed by atoms with van der Waals surface area (Å²) >= 11 is 6.83. The van der Waals surface area contributed by atoms with Crippen LogP contribution in [-0.2, 0) is 17.5 Å². The smallest absolute Gasteiger partial charge is 0.339 e. The molecular formula is C16H18ClF3N6OS. The molecule has 1 amide bonds. The van der Waals surface area contributed by atoms with Crippen LogP contribution in [-0.4, -0.2) is 62.5 Å². The Balaban J connectivity index is 1.47. The maximum atomic E-state index is 12.7. The SMILES string of the molecule is Nn1c(SCC(=O)N2CCN(Cc3cccc(Cl)c3)CC2)nnc1C(F)(F)F. The van der Waals surface area contributed by atoms with Crippen molar-refractivity contribution in [3.05, 3.63) is 40.7 Å². The predicted molar refractivity (Wildman–Crippen MR) is 99.2 cm³/mol. The first-order valence-corrected chi connectivity index (χ1v) is 9.75. The fourth-order valence-electron chi connectivity index (χ4n) is 2.84. The average molecular weight is 435 g/mol. The number of nitrogens with zero attached hydrogens (tertiary/aromatic N) is 5. The zero-order valence-corrected chi connectivity index (χ0v) is 16.3. The number of piperazine rings is 1. The topological polar surface area (TPSA) is 80.3 Å². The normalized spacial score (nSPS) is 15.8. The first-order chi connectivity index (χ1) is 13.2. The van der Waals surface area contributed by atoms with Crippen molar-refractivity contribution >= 4 is 29.3 Å². The Bertz CT molecular complexity index is 838. The van der Waals surface area contributed by atoms with E-state index in [9.17, 15) is 18.0 Å². The molecule has 1 aliphatic rings. The number of thioether (sulfide) groups is 1. The molecular weight excluding hydrogens is 417 g/mol. The maximum Gasteiger partial charge on any atom is 0.453 e. The molecule has 1 saturated heterocycles. The summed E-state index contributed by atoms with van der Waals surface area (Å²) in [5.74, 6) is 3.84. The van der Waals surface area contributed by atoms with E-state index in [2.05, 4.69) is 15.1 Å². The third-order valence-corrected chi connectivity index (χ3v) is 5.43. The minimum absolute atomic E-state index is 0.0541. The molecule has 3 rings (SSSR count). The van der Waals surface area contributed by atoms with E-state index in [4.69, 9.17) is 17.4 Å². The molecule has 1 aromatic heterocycles. The number of benzene rings is 1.